The molecule has 0 bridgehead atoms. The van der Waals surface area contributed by atoms with E-state index in [4.69, 9.17) is 16.0 Å². The first-order valence-corrected chi connectivity index (χ1v) is 11.4. The number of benzene rings is 1. The average Bonchev–Trinajstić information content (AvgIpc) is 2.83. The average molecular weight is 384 g/mol. The van der Waals surface area contributed by atoms with Crippen LogP contribution in [0.3, 0.4) is 0 Å². The van der Waals surface area contributed by atoms with Gasteiger partial charge in [0.05, 0.1) is 12.3 Å². The van der Waals surface area contributed by atoms with Crippen molar-refractivity contribution >= 4 is 32.4 Å². The molecule has 0 atom stereocenters. The standard InChI is InChI=1S/C17H24ClN2O2SSi/c1-17(2,3)16-19-14(10-21)15(20(16)11-22-24(4)5)23-13-8-6-7-12(18)9-13/h6-9,21H,10-11H2,1-5H3. The molecule has 0 aliphatic carbocycles. The van der Waals surface area contributed by atoms with Crippen molar-refractivity contribution in [2.45, 2.75) is 62.5 Å². The topological polar surface area (TPSA) is 47.3 Å². The van der Waals surface area contributed by atoms with E-state index in [0.29, 0.717) is 17.4 Å². The highest BCUT2D eigenvalue weighted by atomic mass is 35.5. The van der Waals surface area contributed by atoms with Gasteiger partial charge in [-0.05, 0) is 31.3 Å². The van der Waals surface area contributed by atoms with Gasteiger partial charge in [0.15, 0.2) is 0 Å². The van der Waals surface area contributed by atoms with E-state index in [1.54, 1.807) is 11.8 Å². The van der Waals surface area contributed by atoms with Crippen molar-refractivity contribution in [3.8, 4) is 0 Å². The Morgan fingerprint density at radius 1 is 1.33 bits per heavy atom. The molecule has 2 aromatic rings. The van der Waals surface area contributed by atoms with Crippen LogP contribution in [0.15, 0.2) is 34.2 Å². The fraction of sp³-hybridized carbons (Fsp3) is 0.471. The van der Waals surface area contributed by atoms with Crippen LogP contribution in [0.2, 0.25) is 18.1 Å². The summed E-state index contributed by atoms with van der Waals surface area (Å²) < 4.78 is 8.01. The van der Waals surface area contributed by atoms with Crippen molar-refractivity contribution < 1.29 is 9.53 Å². The van der Waals surface area contributed by atoms with E-state index in [1.165, 1.54) is 0 Å². The summed E-state index contributed by atoms with van der Waals surface area (Å²) in [5.41, 5.74) is 0.531. The van der Waals surface area contributed by atoms with Crippen molar-refractivity contribution in [2.24, 2.45) is 0 Å². The Morgan fingerprint density at radius 3 is 2.58 bits per heavy atom. The highest BCUT2D eigenvalue weighted by Gasteiger charge is 2.26. The smallest absolute Gasteiger partial charge is 0.207 e. The van der Waals surface area contributed by atoms with Crippen LogP contribution in [-0.4, -0.2) is 23.7 Å². The zero-order valence-corrected chi connectivity index (χ0v) is 17.3. The van der Waals surface area contributed by atoms with Crippen molar-refractivity contribution in [3.05, 3.63) is 40.8 Å². The summed E-state index contributed by atoms with van der Waals surface area (Å²) in [7, 11) is -0.828. The van der Waals surface area contributed by atoms with Gasteiger partial charge in [-0.2, -0.15) is 0 Å². The molecule has 1 aromatic carbocycles. The molecule has 131 valence electrons. The maximum atomic E-state index is 9.78. The highest BCUT2D eigenvalue weighted by Crippen LogP contribution is 2.35. The second-order valence-electron chi connectivity index (χ2n) is 6.76. The van der Waals surface area contributed by atoms with Gasteiger partial charge in [0.25, 0.3) is 0 Å². The molecule has 2 rings (SSSR count). The Bertz CT molecular complexity index is 698. The number of halogens is 1. The molecular formula is C17H24ClN2O2SSi. The first-order valence-electron chi connectivity index (χ1n) is 7.79. The molecule has 1 radical (unpaired) electrons. The number of nitrogens with zero attached hydrogens (tertiary/aromatic N) is 2. The van der Waals surface area contributed by atoms with Gasteiger partial charge in [0.1, 0.15) is 17.6 Å². The van der Waals surface area contributed by atoms with E-state index in [9.17, 15) is 5.11 Å². The lowest BCUT2D eigenvalue weighted by Gasteiger charge is -2.21. The molecule has 0 saturated heterocycles. The van der Waals surface area contributed by atoms with E-state index in [-0.39, 0.29) is 12.0 Å². The second-order valence-corrected chi connectivity index (χ2v) is 10.4. The van der Waals surface area contributed by atoms with Gasteiger partial charge in [-0.15, -0.1) is 0 Å². The Kier molecular flexibility index (Phi) is 6.56. The zero-order chi connectivity index (χ0) is 17.9. The number of aliphatic hydroxyl groups excluding tert-OH is 1. The minimum Gasteiger partial charge on any atom is -0.400 e. The fourth-order valence-corrected chi connectivity index (χ4v) is 3.91. The van der Waals surface area contributed by atoms with E-state index < -0.39 is 9.04 Å². The van der Waals surface area contributed by atoms with Crippen LogP contribution >= 0.6 is 23.4 Å². The number of imidazole rings is 1. The first kappa shape index (κ1) is 19.5. The molecule has 0 spiro atoms. The van der Waals surface area contributed by atoms with Crippen molar-refractivity contribution in [2.75, 3.05) is 0 Å². The van der Waals surface area contributed by atoms with Gasteiger partial charge in [-0.25, -0.2) is 4.98 Å². The third kappa shape index (κ3) is 4.86. The molecule has 1 N–H and O–H groups in total. The Labute approximate surface area is 154 Å². The molecule has 0 aliphatic rings. The van der Waals surface area contributed by atoms with Gasteiger partial charge in [0, 0.05) is 15.3 Å². The maximum absolute atomic E-state index is 9.78. The number of aromatic nitrogens is 2. The van der Waals surface area contributed by atoms with Crippen LogP contribution in [0, 0.1) is 0 Å². The Balaban J connectivity index is 2.48. The summed E-state index contributed by atoms with van der Waals surface area (Å²) in [4.78, 5) is 5.70. The normalized spacial score (nSPS) is 12.2. The Hall–Kier alpha value is -0.793. The van der Waals surface area contributed by atoms with Crippen molar-refractivity contribution in [1.29, 1.82) is 0 Å². The number of aliphatic hydroxyl groups is 1. The zero-order valence-electron chi connectivity index (χ0n) is 14.8. The van der Waals surface area contributed by atoms with Crippen LogP contribution < -0.4 is 0 Å². The summed E-state index contributed by atoms with van der Waals surface area (Å²) in [6, 6.07) is 7.69. The molecular weight excluding hydrogens is 360 g/mol. The lowest BCUT2D eigenvalue weighted by molar-refractivity contribution is 0.218. The van der Waals surface area contributed by atoms with E-state index >= 15 is 0 Å². The SMILES string of the molecule is C[Si](C)OCn1c(C(C)(C)C)nc(CO)c1Sc1cccc(Cl)c1. The number of hydrogen-bond acceptors (Lipinski definition) is 4. The molecule has 0 saturated carbocycles. The lowest BCUT2D eigenvalue weighted by Crippen LogP contribution is -2.22. The predicted octanol–water partition coefficient (Wildman–Crippen LogP) is 4.70. The first-order chi connectivity index (χ1) is 11.2. The summed E-state index contributed by atoms with van der Waals surface area (Å²) in [6.07, 6.45) is 0. The summed E-state index contributed by atoms with van der Waals surface area (Å²) in [5.74, 6) is 0.916. The minimum absolute atomic E-state index is 0.102. The quantitative estimate of drug-likeness (QED) is 0.734. The van der Waals surface area contributed by atoms with Crippen LogP contribution in [0.4, 0.5) is 0 Å². The highest BCUT2D eigenvalue weighted by molar-refractivity contribution is 7.99. The van der Waals surface area contributed by atoms with Crippen molar-refractivity contribution in [1.82, 2.24) is 9.55 Å². The van der Waals surface area contributed by atoms with Gasteiger partial charge >= 0.3 is 0 Å². The van der Waals surface area contributed by atoms with Crippen LogP contribution in [0.5, 0.6) is 0 Å². The van der Waals surface area contributed by atoms with Crippen LogP contribution in [-0.2, 0) is 23.2 Å². The predicted molar refractivity (Wildman–Crippen MR) is 101 cm³/mol. The minimum atomic E-state index is -0.828. The lowest BCUT2D eigenvalue weighted by atomic mass is 9.96. The third-order valence-electron chi connectivity index (χ3n) is 3.30. The molecule has 0 fully saturated rings. The third-order valence-corrected chi connectivity index (χ3v) is 5.38. The van der Waals surface area contributed by atoms with E-state index in [2.05, 4.69) is 43.4 Å². The number of hydrogen-bond donors (Lipinski definition) is 1. The summed E-state index contributed by atoms with van der Waals surface area (Å²) >= 11 is 7.65. The monoisotopic (exact) mass is 383 g/mol. The fourth-order valence-electron chi connectivity index (χ4n) is 2.23. The molecule has 1 heterocycles. The van der Waals surface area contributed by atoms with Gasteiger partial charge in [-0.1, -0.05) is 50.2 Å². The molecule has 0 amide bonds. The maximum Gasteiger partial charge on any atom is 0.207 e. The van der Waals surface area contributed by atoms with E-state index in [0.717, 1.165) is 15.7 Å². The summed E-state index contributed by atoms with van der Waals surface area (Å²) in [6.45, 7) is 10.9. The van der Waals surface area contributed by atoms with Crippen LogP contribution in [0.1, 0.15) is 32.3 Å². The van der Waals surface area contributed by atoms with Crippen molar-refractivity contribution in [3.63, 3.8) is 0 Å². The Morgan fingerprint density at radius 2 is 2.04 bits per heavy atom. The van der Waals surface area contributed by atoms with Crippen LogP contribution in [0.25, 0.3) is 0 Å². The molecule has 7 heteroatoms. The second kappa shape index (κ2) is 8.06. The van der Waals surface area contributed by atoms with Gasteiger partial charge < -0.3 is 9.53 Å². The largest absolute Gasteiger partial charge is 0.400 e. The number of rotatable bonds is 6. The molecule has 0 aliphatic heterocycles. The van der Waals surface area contributed by atoms with Gasteiger partial charge in [-0.3, -0.25) is 4.57 Å². The summed E-state index contributed by atoms with van der Waals surface area (Å²) in [5, 5.41) is 11.4. The van der Waals surface area contributed by atoms with E-state index in [1.807, 2.05) is 24.3 Å². The molecule has 1 aromatic heterocycles. The molecule has 4 nitrogen and oxygen atoms in total. The molecule has 0 unspecified atom stereocenters. The van der Waals surface area contributed by atoms with Gasteiger partial charge in [0.2, 0.25) is 9.04 Å². The molecule has 24 heavy (non-hydrogen) atoms.